The van der Waals surface area contributed by atoms with Crippen LogP contribution in [0.5, 0.6) is 0 Å². The average Bonchev–Trinajstić information content (AvgIpc) is 2.83. The van der Waals surface area contributed by atoms with Gasteiger partial charge in [0.05, 0.1) is 12.6 Å². The molecule has 0 aromatic rings. The molecule has 1 aliphatic rings. The molecule has 0 aromatic heterocycles. The molecule has 1 unspecified atom stereocenters. The maximum Gasteiger partial charge on any atom is 0.243 e. The number of rotatable bonds is 5. The van der Waals surface area contributed by atoms with Gasteiger partial charge < -0.3 is 15.8 Å². The monoisotopic (exact) mass is 221 g/mol. The molecule has 4 nitrogen and oxygen atoms in total. The predicted octanol–water partition coefficient (Wildman–Crippen LogP) is 0.579. The van der Waals surface area contributed by atoms with Crippen LogP contribution in [0.4, 0.5) is 8.78 Å². The van der Waals surface area contributed by atoms with E-state index in [4.69, 9.17) is 10.5 Å². The molecular weight excluding hydrogens is 204 g/mol. The Labute approximate surface area is 87.9 Å². The van der Waals surface area contributed by atoms with E-state index in [-0.39, 0.29) is 18.0 Å². The Morgan fingerprint density at radius 2 is 2.33 bits per heavy atom. The number of nitrogens with one attached hydrogen (secondary N) is 1. The van der Waals surface area contributed by atoms with E-state index in [9.17, 15) is 8.78 Å². The van der Waals surface area contributed by atoms with Crippen molar-refractivity contribution in [3.05, 3.63) is 0 Å². The average molecular weight is 221 g/mol. The summed E-state index contributed by atoms with van der Waals surface area (Å²) in [7, 11) is 1.58. The highest BCUT2D eigenvalue weighted by atomic mass is 19.3. The molecule has 0 saturated heterocycles. The highest BCUT2D eigenvalue weighted by Gasteiger charge is 2.44. The minimum Gasteiger partial charge on any atom is -0.383 e. The van der Waals surface area contributed by atoms with Gasteiger partial charge in [0.1, 0.15) is 0 Å². The lowest BCUT2D eigenvalue weighted by molar-refractivity contribution is 0.121. The Kier molecular flexibility index (Phi) is 4.26. The van der Waals surface area contributed by atoms with Crippen LogP contribution in [0.25, 0.3) is 0 Å². The number of methoxy groups -OCH3 is 1. The number of hydrogen-bond acceptors (Lipinski definition) is 2. The summed E-state index contributed by atoms with van der Waals surface area (Å²) in [5.41, 5.74) is 5.55. The Balaban J connectivity index is 2.28. The normalized spacial score (nSPS) is 27.9. The Morgan fingerprint density at radius 3 is 2.80 bits per heavy atom. The highest BCUT2D eigenvalue weighted by Crippen LogP contribution is 2.38. The standard InChI is InChI=1S/C9H17F2N3O/c1-5(4-15-2)13-9(12)14-7-3-6(7)8(10)11/h5-8H,3-4H2,1-2H3,(H3,12,13,14)/t5?,6-,7-/m0/s1. The van der Waals surface area contributed by atoms with Gasteiger partial charge >= 0.3 is 0 Å². The molecule has 0 heterocycles. The number of aliphatic imine (C=N–C) groups is 1. The number of halogens is 2. The first kappa shape index (κ1) is 12.2. The molecule has 0 aliphatic heterocycles. The minimum atomic E-state index is -2.29. The summed E-state index contributed by atoms with van der Waals surface area (Å²) in [4.78, 5) is 3.96. The van der Waals surface area contributed by atoms with Crippen molar-refractivity contribution in [3.63, 3.8) is 0 Å². The Morgan fingerprint density at radius 1 is 1.67 bits per heavy atom. The lowest BCUT2D eigenvalue weighted by atomic mass is 10.4. The second kappa shape index (κ2) is 5.25. The largest absolute Gasteiger partial charge is 0.383 e. The third kappa shape index (κ3) is 3.99. The fraction of sp³-hybridized carbons (Fsp3) is 0.889. The van der Waals surface area contributed by atoms with Crippen LogP contribution in [0.1, 0.15) is 13.3 Å². The summed E-state index contributed by atoms with van der Waals surface area (Å²) in [6.07, 6.45) is -1.86. The van der Waals surface area contributed by atoms with E-state index < -0.39 is 12.3 Å². The number of guanidine groups is 1. The van der Waals surface area contributed by atoms with E-state index in [1.165, 1.54) is 0 Å². The van der Waals surface area contributed by atoms with E-state index in [2.05, 4.69) is 10.3 Å². The molecule has 15 heavy (non-hydrogen) atoms. The quantitative estimate of drug-likeness (QED) is 0.527. The van der Waals surface area contributed by atoms with Gasteiger partial charge in [0.25, 0.3) is 0 Å². The molecule has 1 saturated carbocycles. The van der Waals surface area contributed by atoms with Gasteiger partial charge in [-0.2, -0.15) is 0 Å². The molecule has 88 valence electrons. The number of nitrogens with zero attached hydrogens (tertiary/aromatic N) is 1. The van der Waals surface area contributed by atoms with Crippen molar-refractivity contribution in [2.45, 2.75) is 31.9 Å². The molecule has 6 heteroatoms. The summed E-state index contributed by atoms with van der Waals surface area (Å²) in [5.74, 6) is -0.393. The molecule has 0 radical (unpaired) electrons. The van der Waals surface area contributed by atoms with E-state index >= 15 is 0 Å². The van der Waals surface area contributed by atoms with Gasteiger partial charge in [0, 0.05) is 19.1 Å². The zero-order valence-electron chi connectivity index (χ0n) is 8.91. The second-order valence-electron chi connectivity index (χ2n) is 3.82. The van der Waals surface area contributed by atoms with Crippen molar-refractivity contribution in [3.8, 4) is 0 Å². The van der Waals surface area contributed by atoms with Crippen LogP contribution in [0.3, 0.4) is 0 Å². The molecule has 0 spiro atoms. The third-order valence-electron chi connectivity index (χ3n) is 2.24. The first-order valence-corrected chi connectivity index (χ1v) is 4.91. The zero-order valence-corrected chi connectivity index (χ0v) is 8.91. The lowest BCUT2D eigenvalue weighted by Gasteiger charge is -2.12. The first-order chi connectivity index (χ1) is 7.04. The van der Waals surface area contributed by atoms with Crippen LogP contribution in [0.2, 0.25) is 0 Å². The molecule has 0 aromatic carbocycles. The summed E-state index contributed by atoms with van der Waals surface area (Å²) in [5, 5.41) is 2.87. The molecule has 1 fully saturated rings. The van der Waals surface area contributed by atoms with Gasteiger partial charge in [-0.1, -0.05) is 0 Å². The minimum absolute atomic E-state index is 0.0301. The number of nitrogens with two attached hydrogens (primary N) is 1. The molecule has 1 rings (SSSR count). The second-order valence-corrected chi connectivity index (χ2v) is 3.82. The predicted molar refractivity (Wildman–Crippen MR) is 54.0 cm³/mol. The van der Waals surface area contributed by atoms with Gasteiger partial charge in [-0.05, 0) is 13.3 Å². The van der Waals surface area contributed by atoms with Crippen molar-refractivity contribution in [2.24, 2.45) is 16.6 Å². The number of ether oxygens (including phenoxy) is 1. The van der Waals surface area contributed by atoms with Gasteiger partial charge in [-0.15, -0.1) is 0 Å². The van der Waals surface area contributed by atoms with Crippen molar-refractivity contribution in [1.82, 2.24) is 5.32 Å². The Hall–Kier alpha value is -0.910. The third-order valence-corrected chi connectivity index (χ3v) is 2.24. The van der Waals surface area contributed by atoms with Gasteiger partial charge in [0.2, 0.25) is 6.43 Å². The van der Waals surface area contributed by atoms with E-state index in [0.717, 1.165) is 0 Å². The highest BCUT2D eigenvalue weighted by molar-refractivity contribution is 5.78. The summed E-state index contributed by atoms with van der Waals surface area (Å²) in [6, 6.07) is -0.283. The van der Waals surface area contributed by atoms with Crippen molar-refractivity contribution >= 4 is 5.96 Å². The molecule has 3 atom stereocenters. The van der Waals surface area contributed by atoms with Crippen LogP contribution in [-0.2, 0) is 4.74 Å². The van der Waals surface area contributed by atoms with E-state index in [0.29, 0.717) is 13.0 Å². The fourth-order valence-corrected chi connectivity index (χ4v) is 1.38. The SMILES string of the molecule is COCC(C)NC(N)=N[C@H]1C[C@@H]1C(F)F. The first-order valence-electron chi connectivity index (χ1n) is 4.91. The van der Waals surface area contributed by atoms with Crippen LogP contribution in [-0.4, -0.2) is 38.2 Å². The fourth-order valence-electron chi connectivity index (χ4n) is 1.38. The van der Waals surface area contributed by atoms with Crippen LogP contribution in [0, 0.1) is 5.92 Å². The summed E-state index contributed by atoms with van der Waals surface area (Å²) >= 11 is 0. The van der Waals surface area contributed by atoms with Crippen LogP contribution in [0.15, 0.2) is 4.99 Å². The summed E-state index contributed by atoms with van der Waals surface area (Å²) in [6.45, 7) is 2.38. The van der Waals surface area contributed by atoms with Crippen molar-refractivity contribution < 1.29 is 13.5 Å². The lowest BCUT2D eigenvalue weighted by Crippen LogP contribution is -2.40. The zero-order chi connectivity index (χ0) is 11.4. The molecule has 0 amide bonds. The van der Waals surface area contributed by atoms with Gasteiger partial charge in [-0.3, -0.25) is 0 Å². The van der Waals surface area contributed by atoms with E-state index in [1.807, 2.05) is 6.92 Å². The summed E-state index contributed by atoms with van der Waals surface area (Å²) < 4.78 is 29.2. The van der Waals surface area contributed by atoms with Gasteiger partial charge in [0.15, 0.2) is 5.96 Å². The van der Waals surface area contributed by atoms with Gasteiger partial charge in [-0.25, -0.2) is 13.8 Å². The molecule has 1 aliphatic carbocycles. The van der Waals surface area contributed by atoms with Crippen LogP contribution >= 0.6 is 0 Å². The smallest absolute Gasteiger partial charge is 0.243 e. The van der Waals surface area contributed by atoms with Crippen molar-refractivity contribution in [1.29, 1.82) is 0 Å². The van der Waals surface area contributed by atoms with E-state index in [1.54, 1.807) is 7.11 Å². The molecule has 3 N–H and O–H groups in total. The maximum atomic E-state index is 12.2. The maximum absolute atomic E-state index is 12.2. The topological polar surface area (TPSA) is 59.6 Å². The molecule has 0 bridgehead atoms. The van der Waals surface area contributed by atoms with Crippen molar-refractivity contribution in [2.75, 3.05) is 13.7 Å². The number of alkyl halides is 2. The number of hydrogen-bond donors (Lipinski definition) is 2. The molecular formula is C9H17F2N3O. The van der Waals surface area contributed by atoms with Crippen LogP contribution < -0.4 is 11.1 Å². The Bertz CT molecular complexity index is 235.